The van der Waals surface area contributed by atoms with Gasteiger partial charge in [-0.1, -0.05) is 60.3 Å². The molecule has 0 aliphatic carbocycles. The van der Waals surface area contributed by atoms with Gasteiger partial charge in [0.25, 0.3) is 0 Å². The molecular weight excluding hydrogens is 226 g/mol. The van der Waals surface area contributed by atoms with Crippen LogP contribution in [-0.2, 0) is 0 Å². The number of nitrogens with zero attached hydrogens (tertiary/aromatic N) is 1. The Morgan fingerprint density at radius 1 is 0.941 bits per heavy atom. The molecule has 17 heavy (non-hydrogen) atoms. The summed E-state index contributed by atoms with van der Waals surface area (Å²) >= 11 is 1.60. The van der Waals surface area contributed by atoms with Crippen LogP contribution < -0.4 is 0 Å². The number of hydrogen-bond acceptors (Lipinski definition) is 2. The maximum absolute atomic E-state index is 8.84. The van der Waals surface area contributed by atoms with Crippen LogP contribution in [0.2, 0.25) is 0 Å². The maximum Gasteiger partial charge on any atom is 0.0924 e. The summed E-state index contributed by atoms with van der Waals surface area (Å²) < 4.78 is 0. The molecule has 0 saturated carbocycles. The lowest BCUT2D eigenvalue weighted by molar-refractivity contribution is 1.47. The zero-order chi connectivity index (χ0) is 11.9. The Bertz CT molecular complexity index is 538. The fourth-order valence-electron chi connectivity index (χ4n) is 1.45. The van der Waals surface area contributed by atoms with E-state index in [1.807, 2.05) is 60.7 Å². The average molecular weight is 237 g/mol. The highest BCUT2D eigenvalue weighted by molar-refractivity contribution is 8.08. The summed E-state index contributed by atoms with van der Waals surface area (Å²) in [7, 11) is 0. The minimum Gasteiger partial charge on any atom is -0.193 e. The van der Waals surface area contributed by atoms with Crippen molar-refractivity contribution in [3.63, 3.8) is 0 Å². The Hall–Kier alpha value is -1.98. The average Bonchev–Trinajstić information content (AvgIpc) is 2.40. The summed E-state index contributed by atoms with van der Waals surface area (Å²) in [5.74, 6) is 0. The van der Waals surface area contributed by atoms with Crippen molar-refractivity contribution < 1.29 is 0 Å². The number of rotatable bonds is 3. The molecule has 0 radical (unpaired) electrons. The molecule has 0 spiro atoms. The lowest BCUT2D eigenvalue weighted by Crippen LogP contribution is -1.79. The van der Waals surface area contributed by atoms with Crippen molar-refractivity contribution in [1.29, 1.82) is 5.26 Å². The summed E-state index contributed by atoms with van der Waals surface area (Å²) in [5.41, 5.74) is 1.07. The van der Waals surface area contributed by atoms with Crippen LogP contribution in [0.4, 0.5) is 0 Å². The molecule has 2 aromatic rings. The van der Waals surface area contributed by atoms with Crippen molar-refractivity contribution in [1.82, 2.24) is 0 Å². The summed E-state index contributed by atoms with van der Waals surface area (Å²) in [5, 5.41) is 8.84. The highest BCUT2D eigenvalue weighted by atomic mass is 32.2. The van der Waals surface area contributed by atoms with Crippen molar-refractivity contribution in [2.45, 2.75) is 4.90 Å². The molecule has 0 aromatic heterocycles. The van der Waals surface area contributed by atoms with E-state index < -0.39 is 0 Å². The van der Waals surface area contributed by atoms with Crippen LogP contribution in [0.1, 0.15) is 5.56 Å². The third kappa shape index (κ3) is 3.24. The van der Waals surface area contributed by atoms with E-state index in [0.29, 0.717) is 0 Å². The number of thioether (sulfide) groups is 1. The molecule has 0 saturated heterocycles. The summed E-state index contributed by atoms with van der Waals surface area (Å²) in [4.78, 5) is 2.11. The minimum atomic E-state index is 0.972. The van der Waals surface area contributed by atoms with E-state index in [0.717, 1.165) is 15.4 Å². The second-order valence-corrected chi connectivity index (χ2v) is 4.53. The third-order valence-electron chi connectivity index (χ3n) is 2.22. The van der Waals surface area contributed by atoms with Gasteiger partial charge in [0.2, 0.25) is 0 Å². The van der Waals surface area contributed by atoms with E-state index in [1.165, 1.54) is 0 Å². The second kappa shape index (κ2) is 5.93. The van der Waals surface area contributed by atoms with Crippen LogP contribution in [0.25, 0.3) is 4.91 Å². The summed E-state index contributed by atoms with van der Waals surface area (Å²) in [6.45, 7) is 0. The van der Waals surface area contributed by atoms with Crippen LogP contribution >= 0.6 is 11.8 Å². The largest absolute Gasteiger partial charge is 0.193 e. The smallest absolute Gasteiger partial charge is 0.0924 e. The van der Waals surface area contributed by atoms with Gasteiger partial charge in [0, 0.05) is 15.9 Å². The molecule has 0 heterocycles. The molecule has 0 N–H and O–H groups in total. The lowest BCUT2D eigenvalue weighted by Gasteiger charge is -2.05. The zero-order valence-corrected chi connectivity index (χ0v) is 10.0. The van der Waals surface area contributed by atoms with E-state index in [-0.39, 0.29) is 0 Å². The topological polar surface area (TPSA) is 23.8 Å². The molecule has 1 nitrogen and oxygen atoms in total. The SMILES string of the molecule is N#CC=C(Sc1ccccc1)c1ccccc1. The van der Waals surface area contributed by atoms with Gasteiger partial charge in [-0.15, -0.1) is 0 Å². The zero-order valence-electron chi connectivity index (χ0n) is 9.21. The van der Waals surface area contributed by atoms with E-state index in [9.17, 15) is 0 Å². The predicted octanol–water partition coefficient (Wildman–Crippen LogP) is 4.34. The highest BCUT2D eigenvalue weighted by Gasteiger charge is 2.03. The minimum absolute atomic E-state index is 0.972. The van der Waals surface area contributed by atoms with Gasteiger partial charge in [-0.25, -0.2) is 0 Å². The van der Waals surface area contributed by atoms with E-state index in [4.69, 9.17) is 5.26 Å². The van der Waals surface area contributed by atoms with E-state index >= 15 is 0 Å². The van der Waals surface area contributed by atoms with Crippen molar-refractivity contribution in [3.8, 4) is 6.07 Å². The quantitative estimate of drug-likeness (QED) is 0.585. The van der Waals surface area contributed by atoms with Crippen molar-refractivity contribution >= 4 is 16.7 Å². The van der Waals surface area contributed by atoms with Gasteiger partial charge in [0.15, 0.2) is 0 Å². The number of benzene rings is 2. The molecule has 0 atom stereocenters. The molecule has 0 fully saturated rings. The van der Waals surface area contributed by atoms with Crippen LogP contribution in [-0.4, -0.2) is 0 Å². The Balaban J connectivity index is 2.27. The van der Waals surface area contributed by atoms with Crippen LogP contribution in [0.3, 0.4) is 0 Å². The summed E-state index contributed by atoms with van der Waals surface area (Å²) in [6, 6.07) is 22.1. The molecule has 0 bridgehead atoms. The monoisotopic (exact) mass is 237 g/mol. The fourth-order valence-corrected chi connectivity index (χ4v) is 2.36. The molecule has 2 heteroatoms. The normalized spacial score (nSPS) is 10.9. The number of hydrogen-bond donors (Lipinski definition) is 0. The van der Waals surface area contributed by atoms with Gasteiger partial charge < -0.3 is 0 Å². The van der Waals surface area contributed by atoms with E-state index in [2.05, 4.69) is 6.07 Å². The Labute approximate surface area is 105 Å². The first-order chi connectivity index (χ1) is 8.40. The molecule has 0 aliphatic heterocycles. The predicted molar refractivity (Wildman–Crippen MR) is 72.3 cm³/mol. The standard InChI is InChI=1S/C15H11NS/c16-12-11-15(13-7-3-1-4-8-13)17-14-9-5-2-6-10-14/h1-11H. The Morgan fingerprint density at radius 2 is 1.53 bits per heavy atom. The van der Waals surface area contributed by atoms with Gasteiger partial charge >= 0.3 is 0 Å². The fraction of sp³-hybridized carbons (Fsp3) is 0. The van der Waals surface area contributed by atoms with Gasteiger partial charge in [0.1, 0.15) is 0 Å². The Morgan fingerprint density at radius 3 is 2.12 bits per heavy atom. The maximum atomic E-state index is 8.84. The second-order valence-electron chi connectivity index (χ2n) is 3.42. The molecular formula is C15H11NS. The van der Waals surface area contributed by atoms with Crippen molar-refractivity contribution in [2.24, 2.45) is 0 Å². The molecule has 2 rings (SSSR count). The number of allylic oxidation sites excluding steroid dienone is 1. The molecule has 82 valence electrons. The first-order valence-electron chi connectivity index (χ1n) is 5.28. The van der Waals surface area contributed by atoms with Crippen LogP contribution in [0.5, 0.6) is 0 Å². The summed E-state index contributed by atoms with van der Waals surface area (Å²) in [6.07, 6.45) is 1.59. The molecule has 0 unspecified atom stereocenters. The molecule has 0 aliphatic rings. The Kier molecular flexibility index (Phi) is 4.01. The van der Waals surface area contributed by atoms with Crippen molar-refractivity contribution in [2.75, 3.05) is 0 Å². The molecule has 0 amide bonds. The highest BCUT2D eigenvalue weighted by Crippen LogP contribution is 2.33. The lowest BCUT2D eigenvalue weighted by atomic mass is 10.2. The van der Waals surface area contributed by atoms with Crippen LogP contribution in [0.15, 0.2) is 71.6 Å². The van der Waals surface area contributed by atoms with E-state index in [1.54, 1.807) is 17.8 Å². The van der Waals surface area contributed by atoms with Crippen LogP contribution in [0, 0.1) is 11.3 Å². The van der Waals surface area contributed by atoms with Gasteiger partial charge in [-0.05, 0) is 17.7 Å². The van der Waals surface area contributed by atoms with Gasteiger partial charge in [-0.2, -0.15) is 5.26 Å². The van der Waals surface area contributed by atoms with Gasteiger partial charge in [-0.3, -0.25) is 0 Å². The first-order valence-corrected chi connectivity index (χ1v) is 6.10. The number of nitriles is 1. The van der Waals surface area contributed by atoms with Crippen molar-refractivity contribution in [3.05, 3.63) is 72.3 Å². The van der Waals surface area contributed by atoms with Gasteiger partial charge in [0.05, 0.1) is 6.07 Å². The first kappa shape index (κ1) is 11.5. The molecule has 2 aromatic carbocycles. The third-order valence-corrected chi connectivity index (χ3v) is 3.31.